The molecule has 0 spiro atoms. The molecule has 1 N–H and O–H groups in total. The number of Topliss-reactive ketones (excluding diaryl/α,β-unsaturated/α-hetero) is 1. The lowest BCUT2D eigenvalue weighted by atomic mass is 10.2. The molecule has 0 aliphatic carbocycles. The largest absolute Gasteiger partial charge is 0.347 e. The van der Waals surface area contributed by atoms with Gasteiger partial charge in [-0.2, -0.15) is 0 Å². The SMILES string of the molecule is O=C(NCCn1cc(-c2cccc(Cl)c2)nn1)C(=O)c1ccc(Cl)s1. The minimum atomic E-state index is -0.673. The number of nitrogens with zero attached hydrogens (tertiary/aromatic N) is 3. The first-order chi connectivity index (χ1) is 12.0. The molecule has 0 saturated carbocycles. The molecule has 0 unspecified atom stereocenters. The smallest absolute Gasteiger partial charge is 0.293 e. The number of hydrogen-bond donors (Lipinski definition) is 1. The Bertz CT molecular complexity index is 922. The van der Waals surface area contributed by atoms with E-state index in [1.807, 2.05) is 12.1 Å². The number of aromatic nitrogens is 3. The number of ketones is 1. The van der Waals surface area contributed by atoms with Gasteiger partial charge in [-0.05, 0) is 24.3 Å². The Hall–Kier alpha value is -2.22. The Morgan fingerprint density at radius 1 is 1.20 bits per heavy atom. The number of amides is 1. The summed E-state index contributed by atoms with van der Waals surface area (Å²) in [6.45, 7) is 0.639. The van der Waals surface area contributed by atoms with Crippen LogP contribution in [0.2, 0.25) is 9.36 Å². The second kappa shape index (κ2) is 7.77. The first-order valence-electron chi connectivity index (χ1n) is 7.27. The number of hydrogen-bond acceptors (Lipinski definition) is 5. The van der Waals surface area contributed by atoms with E-state index in [2.05, 4.69) is 15.6 Å². The lowest BCUT2D eigenvalue weighted by molar-refractivity contribution is -0.117. The number of carbonyl (C=O) groups excluding carboxylic acids is 2. The van der Waals surface area contributed by atoms with Crippen LogP contribution in [-0.4, -0.2) is 33.2 Å². The molecule has 3 rings (SSSR count). The third-order valence-electron chi connectivity index (χ3n) is 3.29. The van der Waals surface area contributed by atoms with E-state index in [0.717, 1.165) is 16.9 Å². The maximum Gasteiger partial charge on any atom is 0.293 e. The molecular weight excluding hydrogens is 383 g/mol. The predicted molar refractivity (Wildman–Crippen MR) is 97.1 cm³/mol. The van der Waals surface area contributed by atoms with E-state index in [9.17, 15) is 9.59 Å². The van der Waals surface area contributed by atoms with Crippen LogP contribution in [0, 0.1) is 0 Å². The Labute approximate surface area is 157 Å². The molecule has 1 amide bonds. The highest BCUT2D eigenvalue weighted by Gasteiger charge is 2.17. The zero-order valence-electron chi connectivity index (χ0n) is 12.8. The van der Waals surface area contributed by atoms with Gasteiger partial charge in [0, 0.05) is 17.1 Å². The van der Waals surface area contributed by atoms with Crippen LogP contribution in [0.15, 0.2) is 42.6 Å². The van der Waals surface area contributed by atoms with Gasteiger partial charge in [0.1, 0.15) is 5.69 Å². The van der Waals surface area contributed by atoms with E-state index in [0.29, 0.717) is 26.5 Å². The number of benzene rings is 1. The molecule has 25 heavy (non-hydrogen) atoms. The van der Waals surface area contributed by atoms with Crippen molar-refractivity contribution in [3.8, 4) is 11.3 Å². The number of carbonyl (C=O) groups is 2. The summed E-state index contributed by atoms with van der Waals surface area (Å²) < 4.78 is 2.05. The first-order valence-corrected chi connectivity index (χ1v) is 8.84. The van der Waals surface area contributed by atoms with Crippen LogP contribution < -0.4 is 5.32 Å². The maximum absolute atomic E-state index is 11.9. The lowest BCUT2D eigenvalue weighted by Crippen LogP contribution is -2.33. The van der Waals surface area contributed by atoms with Gasteiger partial charge in [0.05, 0.1) is 22.0 Å². The van der Waals surface area contributed by atoms with Crippen molar-refractivity contribution in [3.63, 3.8) is 0 Å². The van der Waals surface area contributed by atoms with Crippen LogP contribution in [0.3, 0.4) is 0 Å². The van der Waals surface area contributed by atoms with Crippen LogP contribution in [0.1, 0.15) is 9.67 Å². The third-order valence-corrected chi connectivity index (χ3v) is 4.75. The molecule has 0 fully saturated rings. The predicted octanol–water partition coefficient (Wildman–Crippen LogP) is 3.31. The van der Waals surface area contributed by atoms with Crippen molar-refractivity contribution >= 4 is 46.2 Å². The summed E-state index contributed by atoms with van der Waals surface area (Å²) in [4.78, 5) is 24.1. The highest BCUT2D eigenvalue weighted by atomic mass is 35.5. The Morgan fingerprint density at radius 3 is 2.76 bits per heavy atom. The number of halogens is 2. The van der Waals surface area contributed by atoms with Gasteiger partial charge in [-0.15, -0.1) is 16.4 Å². The minimum absolute atomic E-state index is 0.252. The minimum Gasteiger partial charge on any atom is -0.347 e. The van der Waals surface area contributed by atoms with E-state index in [1.54, 1.807) is 29.1 Å². The summed E-state index contributed by atoms with van der Waals surface area (Å²) in [5, 5.41) is 11.2. The van der Waals surface area contributed by atoms with Crippen LogP contribution in [0.4, 0.5) is 0 Å². The summed E-state index contributed by atoms with van der Waals surface area (Å²) >= 11 is 12.8. The molecule has 6 nitrogen and oxygen atoms in total. The molecule has 2 heterocycles. The average Bonchev–Trinajstić information content (AvgIpc) is 3.23. The fourth-order valence-electron chi connectivity index (χ4n) is 2.10. The van der Waals surface area contributed by atoms with Crippen LogP contribution in [-0.2, 0) is 11.3 Å². The fraction of sp³-hybridized carbons (Fsp3) is 0.125. The van der Waals surface area contributed by atoms with Crippen molar-refractivity contribution in [1.29, 1.82) is 0 Å². The maximum atomic E-state index is 11.9. The highest BCUT2D eigenvalue weighted by Crippen LogP contribution is 2.22. The molecule has 0 saturated heterocycles. The van der Waals surface area contributed by atoms with Gasteiger partial charge in [-0.3, -0.25) is 14.3 Å². The lowest BCUT2D eigenvalue weighted by Gasteiger charge is -2.03. The summed E-state index contributed by atoms with van der Waals surface area (Å²) in [6.07, 6.45) is 1.75. The number of nitrogens with one attached hydrogen (secondary N) is 1. The van der Waals surface area contributed by atoms with Gasteiger partial charge < -0.3 is 5.32 Å². The zero-order chi connectivity index (χ0) is 17.8. The van der Waals surface area contributed by atoms with Crippen molar-refractivity contribution in [3.05, 3.63) is 56.8 Å². The quantitative estimate of drug-likeness (QED) is 0.513. The van der Waals surface area contributed by atoms with Crippen LogP contribution in [0.25, 0.3) is 11.3 Å². The second-order valence-electron chi connectivity index (χ2n) is 5.07. The van der Waals surface area contributed by atoms with Gasteiger partial charge >= 0.3 is 0 Å². The highest BCUT2D eigenvalue weighted by molar-refractivity contribution is 7.18. The van der Waals surface area contributed by atoms with Gasteiger partial charge in [-0.1, -0.05) is 40.5 Å². The molecule has 2 aromatic heterocycles. The van der Waals surface area contributed by atoms with E-state index in [1.165, 1.54) is 6.07 Å². The van der Waals surface area contributed by atoms with E-state index >= 15 is 0 Å². The molecule has 0 bridgehead atoms. The van der Waals surface area contributed by atoms with Crippen LogP contribution in [0.5, 0.6) is 0 Å². The molecule has 0 aliphatic heterocycles. The van der Waals surface area contributed by atoms with Crippen molar-refractivity contribution in [2.24, 2.45) is 0 Å². The van der Waals surface area contributed by atoms with Crippen molar-refractivity contribution in [2.75, 3.05) is 6.54 Å². The van der Waals surface area contributed by atoms with Gasteiger partial charge in [0.2, 0.25) is 0 Å². The topological polar surface area (TPSA) is 76.9 Å². The summed E-state index contributed by atoms with van der Waals surface area (Å²) in [5.41, 5.74) is 1.53. The van der Waals surface area contributed by atoms with Gasteiger partial charge in [0.25, 0.3) is 11.7 Å². The summed E-state index contributed by atoms with van der Waals surface area (Å²) in [5.74, 6) is -1.27. The molecule has 1 aromatic carbocycles. The van der Waals surface area contributed by atoms with Crippen molar-refractivity contribution in [2.45, 2.75) is 6.54 Å². The molecule has 0 aliphatic rings. The van der Waals surface area contributed by atoms with Crippen molar-refractivity contribution in [1.82, 2.24) is 20.3 Å². The normalized spacial score (nSPS) is 10.6. The third kappa shape index (κ3) is 4.45. The Kier molecular flexibility index (Phi) is 5.47. The second-order valence-corrected chi connectivity index (χ2v) is 7.22. The standard InChI is InChI=1S/C16H12Cl2N4O2S/c17-11-3-1-2-10(8-11)12-9-22(21-20-12)7-6-19-16(24)15(23)13-4-5-14(18)25-13/h1-5,8-9H,6-7H2,(H,19,24). The molecule has 0 radical (unpaired) electrons. The molecule has 128 valence electrons. The van der Waals surface area contributed by atoms with Crippen molar-refractivity contribution < 1.29 is 9.59 Å². The summed E-state index contributed by atoms with van der Waals surface area (Å²) in [6, 6.07) is 10.4. The van der Waals surface area contributed by atoms with E-state index < -0.39 is 11.7 Å². The van der Waals surface area contributed by atoms with Gasteiger partial charge in [0.15, 0.2) is 0 Å². The Morgan fingerprint density at radius 2 is 2.04 bits per heavy atom. The summed E-state index contributed by atoms with van der Waals surface area (Å²) in [7, 11) is 0. The fourth-order valence-corrected chi connectivity index (χ4v) is 3.27. The van der Waals surface area contributed by atoms with Crippen LogP contribution >= 0.6 is 34.5 Å². The van der Waals surface area contributed by atoms with Gasteiger partial charge in [-0.25, -0.2) is 0 Å². The van der Waals surface area contributed by atoms with E-state index in [4.69, 9.17) is 23.2 Å². The average molecular weight is 395 g/mol. The number of rotatable bonds is 6. The molecular formula is C16H12Cl2N4O2S. The molecule has 9 heteroatoms. The molecule has 0 atom stereocenters. The first kappa shape index (κ1) is 17.6. The molecule has 3 aromatic rings. The Balaban J connectivity index is 1.54. The monoisotopic (exact) mass is 394 g/mol. The zero-order valence-corrected chi connectivity index (χ0v) is 15.1. The van der Waals surface area contributed by atoms with E-state index in [-0.39, 0.29) is 6.54 Å². The number of thiophene rings is 1.